The topological polar surface area (TPSA) is 128 Å². The van der Waals surface area contributed by atoms with Gasteiger partial charge in [0.25, 0.3) is 10.0 Å². The van der Waals surface area contributed by atoms with Gasteiger partial charge in [-0.15, -0.1) is 0 Å². The molecule has 0 aromatic carbocycles. The molecule has 0 saturated heterocycles. The molecule has 1 heterocycles. The summed E-state index contributed by atoms with van der Waals surface area (Å²) in [6.07, 6.45) is -0.295. The molecule has 0 fully saturated rings. The smallest absolute Gasteiger partial charge is 0.306 e. The molecule has 1 atom stereocenters. The zero-order valence-corrected chi connectivity index (χ0v) is 12.8. The highest BCUT2D eigenvalue weighted by molar-refractivity contribution is 7.91. The third kappa shape index (κ3) is 3.43. The summed E-state index contributed by atoms with van der Waals surface area (Å²) >= 11 is 0.710. The second-order valence-electron chi connectivity index (χ2n) is 4.01. The van der Waals surface area contributed by atoms with E-state index in [9.17, 15) is 18.5 Å². The first kappa shape index (κ1) is 16.8. The van der Waals surface area contributed by atoms with Gasteiger partial charge in [-0.05, 0) is 6.92 Å². The van der Waals surface area contributed by atoms with Crippen LogP contribution >= 0.6 is 11.3 Å². The lowest BCUT2D eigenvalue weighted by Crippen LogP contribution is -2.33. The first-order chi connectivity index (χ1) is 9.23. The number of methoxy groups -OCH3 is 1. The number of nitro groups is 1. The maximum atomic E-state index is 12.3. The monoisotopic (exact) mass is 324 g/mol. The first-order valence-corrected chi connectivity index (χ1v) is 7.73. The molecule has 0 aliphatic carbocycles. The van der Waals surface area contributed by atoms with E-state index < -0.39 is 14.9 Å². The maximum Gasteiger partial charge on any atom is 0.306 e. The number of nitrogens with two attached hydrogens (primary N) is 1. The number of rotatable bonds is 7. The summed E-state index contributed by atoms with van der Waals surface area (Å²) in [6.45, 7) is 1.85. The summed E-state index contributed by atoms with van der Waals surface area (Å²) in [5, 5.41) is 10.8. The predicted molar refractivity (Wildman–Crippen MR) is 75.1 cm³/mol. The molecule has 1 unspecified atom stereocenters. The quantitative estimate of drug-likeness (QED) is 0.427. The molecule has 114 valence electrons. The Balaban J connectivity index is 3.12. The molecule has 0 aliphatic heterocycles. The molecule has 11 heteroatoms. The minimum atomic E-state index is -3.82. The van der Waals surface area contributed by atoms with Crippen molar-refractivity contribution in [2.45, 2.75) is 17.2 Å². The summed E-state index contributed by atoms with van der Waals surface area (Å²) in [4.78, 5) is 10.1. The number of hydrogen-bond acceptors (Lipinski definition) is 8. The summed E-state index contributed by atoms with van der Waals surface area (Å²) in [7, 11) is -0.967. The second kappa shape index (κ2) is 6.45. The minimum Gasteiger partial charge on any atom is -0.380 e. The lowest BCUT2D eigenvalue weighted by molar-refractivity contribution is -0.383. The van der Waals surface area contributed by atoms with Gasteiger partial charge in [-0.3, -0.25) is 10.1 Å². The zero-order chi connectivity index (χ0) is 15.5. The Morgan fingerprint density at radius 2 is 2.25 bits per heavy atom. The van der Waals surface area contributed by atoms with Gasteiger partial charge in [0, 0.05) is 26.8 Å². The molecule has 0 amide bonds. The molecule has 3 N–H and O–H groups in total. The maximum absolute atomic E-state index is 12.3. The normalized spacial score (nSPS) is 13.4. The fourth-order valence-electron chi connectivity index (χ4n) is 1.41. The lowest BCUT2D eigenvalue weighted by atomic mass is 10.4. The van der Waals surface area contributed by atoms with Crippen molar-refractivity contribution in [3.63, 3.8) is 0 Å². The fourth-order valence-corrected chi connectivity index (χ4v) is 4.11. The Bertz CT molecular complexity index is 585. The number of anilines is 1. The summed E-state index contributed by atoms with van der Waals surface area (Å²) in [5.74, 6) is 5.15. The van der Waals surface area contributed by atoms with Gasteiger partial charge in [0.15, 0.2) is 5.00 Å². The van der Waals surface area contributed by atoms with Gasteiger partial charge < -0.3 is 10.2 Å². The molecule has 0 radical (unpaired) electrons. The molecule has 1 rings (SSSR count). The minimum absolute atomic E-state index is 0.0123. The van der Waals surface area contributed by atoms with E-state index in [0.717, 1.165) is 10.4 Å². The Labute approximate surface area is 120 Å². The van der Waals surface area contributed by atoms with Crippen LogP contribution in [-0.2, 0) is 14.8 Å². The van der Waals surface area contributed by atoms with E-state index in [1.54, 1.807) is 6.92 Å². The van der Waals surface area contributed by atoms with Gasteiger partial charge in [-0.2, -0.15) is 4.31 Å². The highest BCUT2D eigenvalue weighted by Crippen LogP contribution is 2.37. The highest BCUT2D eigenvalue weighted by Gasteiger charge is 2.29. The summed E-state index contributed by atoms with van der Waals surface area (Å²) < 4.78 is 30.5. The number of nitrogens with one attached hydrogen (secondary N) is 1. The van der Waals surface area contributed by atoms with E-state index >= 15 is 0 Å². The van der Waals surface area contributed by atoms with Crippen molar-refractivity contribution >= 4 is 32.0 Å². The van der Waals surface area contributed by atoms with E-state index in [0.29, 0.717) is 11.3 Å². The van der Waals surface area contributed by atoms with Crippen LogP contribution < -0.4 is 11.3 Å². The third-order valence-electron chi connectivity index (χ3n) is 2.60. The predicted octanol–water partition coefficient (Wildman–Crippen LogP) is 0.597. The van der Waals surface area contributed by atoms with Crippen LogP contribution in [0.2, 0.25) is 0 Å². The molecular formula is C9H16N4O5S2. The fraction of sp³-hybridized carbons (Fsp3) is 0.556. The zero-order valence-electron chi connectivity index (χ0n) is 11.2. The molecule has 0 saturated carbocycles. The molecule has 1 aromatic heterocycles. The second-order valence-corrected chi connectivity index (χ2v) is 7.34. The highest BCUT2D eigenvalue weighted by atomic mass is 32.2. The molecule has 0 bridgehead atoms. The van der Waals surface area contributed by atoms with Crippen LogP contribution in [0, 0.1) is 10.1 Å². The molecule has 20 heavy (non-hydrogen) atoms. The van der Waals surface area contributed by atoms with E-state index in [1.807, 2.05) is 0 Å². The van der Waals surface area contributed by atoms with Crippen molar-refractivity contribution in [2.75, 3.05) is 26.1 Å². The molecular weight excluding hydrogens is 308 g/mol. The SMILES string of the molecule is COC(C)CN(C)S(=O)(=O)c1cc([N+](=O)[O-])c(NN)s1. The van der Waals surface area contributed by atoms with Gasteiger partial charge >= 0.3 is 5.69 Å². The number of hydrogen-bond donors (Lipinski definition) is 2. The van der Waals surface area contributed by atoms with Crippen molar-refractivity contribution in [1.82, 2.24) is 4.31 Å². The van der Waals surface area contributed by atoms with Crippen molar-refractivity contribution in [1.29, 1.82) is 0 Å². The number of ether oxygens (including phenoxy) is 1. The standard InChI is InChI=1S/C9H16N4O5S2/c1-6(18-3)5-12(2)20(16,17)8-4-7(13(14)15)9(11-10)19-8/h4,6,11H,5,10H2,1-3H3. The van der Waals surface area contributed by atoms with Gasteiger partial charge in [0.2, 0.25) is 0 Å². The number of hydrazine groups is 1. The van der Waals surface area contributed by atoms with E-state index in [4.69, 9.17) is 10.6 Å². The van der Waals surface area contributed by atoms with E-state index in [1.165, 1.54) is 14.2 Å². The average molecular weight is 324 g/mol. The van der Waals surface area contributed by atoms with E-state index in [-0.39, 0.29) is 27.5 Å². The Hall–Kier alpha value is -1.27. The van der Waals surface area contributed by atoms with Crippen LogP contribution in [0.15, 0.2) is 10.3 Å². The van der Waals surface area contributed by atoms with Gasteiger partial charge in [0.1, 0.15) is 4.21 Å². The van der Waals surface area contributed by atoms with Gasteiger partial charge in [-0.1, -0.05) is 11.3 Å². The van der Waals surface area contributed by atoms with Crippen LogP contribution in [-0.4, -0.2) is 44.5 Å². The van der Waals surface area contributed by atoms with Crippen LogP contribution in [0.3, 0.4) is 0 Å². The number of likely N-dealkylation sites (N-methyl/N-ethyl adjacent to an activating group) is 1. The van der Waals surface area contributed by atoms with Gasteiger partial charge in [0.05, 0.1) is 11.0 Å². The molecule has 0 spiro atoms. The Morgan fingerprint density at radius 3 is 2.65 bits per heavy atom. The lowest BCUT2D eigenvalue weighted by Gasteiger charge is -2.19. The van der Waals surface area contributed by atoms with Crippen molar-refractivity contribution in [3.8, 4) is 0 Å². The summed E-state index contributed by atoms with van der Waals surface area (Å²) in [6, 6.07) is 0.989. The average Bonchev–Trinajstić information content (AvgIpc) is 2.83. The largest absolute Gasteiger partial charge is 0.380 e. The number of nitrogens with zero attached hydrogens (tertiary/aromatic N) is 2. The Kier molecular flexibility index (Phi) is 5.42. The number of nitrogen functional groups attached to an aromatic ring is 1. The number of thiophene rings is 1. The Morgan fingerprint density at radius 1 is 1.65 bits per heavy atom. The van der Waals surface area contributed by atoms with Crippen molar-refractivity contribution < 1.29 is 18.1 Å². The van der Waals surface area contributed by atoms with Crippen LogP contribution in [0.25, 0.3) is 0 Å². The molecule has 0 aliphatic rings. The number of sulfonamides is 1. The molecule has 1 aromatic rings. The van der Waals surface area contributed by atoms with Crippen LogP contribution in [0.1, 0.15) is 6.92 Å². The molecule has 9 nitrogen and oxygen atoms in total. The van der Waals surface area contributed by atoms with Crippen molar-refractivity contribution in [3.05, 3.63) is 16.2 Å². The third-order valence-corrected chi connectivity index (χ3v) is 5.93. The van der Waals surface area contributed by atoms with Crippen molar-refractivity contribution in [2.24, 2.45) is 5.84 Å². The first-order valence-electron chi connectivity index (χ1n) is 5.48. The van der Waals surface area contributed by atoms with E-state index in [2.05, 4.69) is 5.43 Å². The van der Waals surface area contributed by atoms with Gasteiger partial charge in [-0.25, -0.2) is 14.3 Å². The summed E-state index contributed by atoms with van der Waals surface area (Å²) in [5.41, 5.74) is 1.76. The van der Waals surface area contributed by atoms with Crippen LogP contribution in [0.5, 0.6) is 0 Å². The van der Waals surface area contributed by atoms with Crippen LogP contribution in [0.4, 0.5) is 10.7 Å².